The standard InChI is InChI=1S/C11H13NO7/c13-7-8(14)10(12(16)17)19-11(9(7)15)18-6-4-2-1-3-5-6/h1-5,7-11,13-15H/t7-,8-,9+,10?,11+/m0/s1. The zero-order valence-corrected chi connectivity index (χ0v) is 9.70. The average molecular weight is 271 g/mol. The quantitative estimate of drug-likeness (QED) is 0.481. The summed E-state index contributed by atoms with van der Waals surface area (Å²) in [7, 11) is 0. The fraction of sp³-hybridized carbons (Fsp3) is 0.455. The van der Waals surface area contributed by atoms with Crippen LogP contribution in [0.4, 0.5) is 0 Å². The fourth-order valence-corrected chi connectivity index (χ4v) is 1.74. The molecule has 5 atom stereocenters. The zero-order chi connectivity index (χ0) is 14.0. The van der Waals surface area contributed by atoms with Gasteiger partial charge in [0.05, 0.1) is 4.92 Å². The SMILES string of the molecule is O=[N+]([O-])C1O[C@@H](Oc2ccccc2)[C@H](O)[C@@H](O)[C@@H]1O. The first-order chi connectivity index (χ1) is 9.00. The first kappa shape index (κ1) is 13.7. The normalized spacial score (nSPS) is 34.8. The first-order valence-electron chi connectivity index (χ1n) is 5.55. The number of para-hydroxylation sites is 1. The molecule has 2 rings (SSSR count). The molecule has 8 nitrogen and oxygen atoms in total. The van der Waals surface area contributed by atoms with Gasteiger partial charge in [0, 0.05) is 0 Å². The summed E-state index contributed by atoms with van der Waals surface area (Å²) in [6, 6.07) is 8.20. The van der Waals surface area contributed by atoms with E-state index in [2.05, 4.69) is 0 Å². The molecule has 0 amide bonds. The van der Waals surface area contributed by atoms with Crippen LogP contribution in [0.25, 0.3) is 0 Å². The lowest BCUT2D eigenvalue weighted by molar-refractivity contribution is -0.609. The number of nitro groups is 1. The maximum atomic E-state index is 10.7. The van der Waals surface area contributed by atoms with E-state index in [0.717, 1.165) is 0 Å². The van der Waals surface area contributed by atoms with Gasteiger partial charge in [0.25, 0.3) is 0 Å². The minimum atomic E-state index is -1.85. The first-order valence-corrected chi connectivity index (χ1v) is 5.55. The number of hydrogen-bond acceptors (Lipinski definition) is 7. The Hall–Kier alpha value is -1.74. The van der Waals surface area contributed by atoms with Gasteiger partial charge in [0.15, 0.2) is 6.10 Å². The Kier molecular flexibility index (Phi) is 3.96. The maximum absolute atomic E-state index is 10.7. The van der Waals surface area contributed by atoms with Gasteiger partial charge >= 0.3 is 6.23 Å². The summed E-state index contributed by atoms with van der Waals surface area (Å²) in [4.78, 5) is 9.80. The summed E-state index contributed by atoms with van der Waals surface area (Å²) in [5.41, 5.74) is 0. The van der Waals surface area contributed by atoms with E-state index in [0.29, 0.717) is 5.75 Å². The highest BCUT2D eigenvalue weighted by Gasteiger charge is 2.50. The summed E-state index contributed by atoms with van der Waals surface area (Å²) in [5.74, 6) is 0.317. The Morgan fingerprint density at radius 1 is 1.11 bits per heavy atom. The van der Waals surface area contributed by atoms with E-state index in [-0.39, 0.29) is 0 Å². The average Bonchev–Trinajstić information content (AvgIpc) is 2.40. The largest absolute Gasteiger partial charge is 0.462 e. The Balaban J connectivity index is 2.13. The summed E-state index contributed by atoms with van der Waals surface area (Å²) in [6.45, 7) is 0. The van der Waals surface area contributed by atoms with Crippen LogP contribution in [0.2, 0.25) is 0 Å². The summed E-state index contributed by atoms with van der Waals surface area (Å²) in [6.07, 6.45) is -8.42. The van der Waals surface area contributed by atoms with Crippen LogP contribution in [0.15, 0.2) is 30.3 Å². The molecule has 1 saturated heterocycles. The second-order valence-electron chi connectivity index (χ2n) is 4.08. The molecule has 1 aromatic carbocycles. The van der Waals surface area contributed by atoms with Gasteiger partial charge in [0.2, 0.25) is 6.29 Å². The Morgan fingerprint density at radius 2 is 1.74 bits per heavy atom. The molecule has 1 aromatic rings. The molecule has 1 aliphatic rings. The Labute approximate surface area is 108 Å². The van der Waals surface area contributed by atoms with Crippen LogP contribution < -0.4 is 4.74 Å². The number of aliphatic hydroxyl groups excluding tert-OH is 3. The number of hydrogen-bond donors (Lipinski definition) is 3. The van der Waals surface area contributed by atoms with Crippen molar-refractivity contribution in [3.05, 3.63) is 40.4 Å². The van der Waals surface area contributed by atoms with E-state index in [1.807, 2.05) is 0 Å². The number of aliphatic hydroxyl groups is 3. The lowest BCUT2D eigenvalue weighted by atomic mass is 10.0. The van der Waals surface area contributed by atoms with Crippen molar-refractivity contribution in [3.8, 4) is 5.75 Å². The van der Waals surface area contributed by atoms with Crippen molar-refractivity contribution in [1.29, 1.82) is 0 Å². The van der Waals surface area contributed by atoms with Crippen molar-refractivity contribution < 1.29 is 29.7 Å². The van der Waals surface area contributed by atoms with Crippen LogP contribution in [0.5, 0.6) is 5.75 Å². The van der Waals surface area contributed by atoms with Crippen molar-refractivity contribution in [2.45, 2.75) is 30.8 Å². The van der Waals surface area contributed by atoms with Crippen molar-refractivity contribution in [3.63, 3.8) is 0 Å². The van der Waals surface area contributed by atoms with E-state index in [1.54, 1.807) is 30.3 Å². The molecule has 19 heavy (non-hydrogen) atoms. The van der Waals surface area contributed by atoms with Gasteiger partial charge < -0.3 is 20.1 Å². The molecule has 8 heteroatoms. The molecule has 0 spiro atoms. The van der Waals surface area contributed by atoms with Gasteiger partial charge in [-0.15, -0.1) is 0 Å². The van der Waals surface area contributed by atoms with E-state index in [1.165, 1.54) is 0 Å². The van der Waals surface area contributed by atoms with E-state index in [4.69, 9.17) is 9.47 Å². The molecule has 0 radical (unpaired) electrons. The second-order valence-corrected chi connectivity index (χ2v) is 4.08. The third kappa shape index (κ3) is 2.82. The Morgan fingerprint density at radius 3 is 2.32 bits per heavy atom. The van der Waals surface area contributed by atoms with E-state index >= 15 is 0 Å². The number of rotatable bonds is 3. The van der Waals surface area contributed by atoms with Gasteiger partial charge in [-0.05, 0) is 12.1 Å². The molecule has 1 fully saturated rings. The van der Waals surface area contributed by atoms with Gasteiger partial charge in [-0.25, -0.2) is 0 Å². The molecule has 0 aliphatic carbocycles. The molecule has 0 saturated carbocycles. The molecular weight excluding hydrogens is 258 g/mol. The Bertz CT molecular complexity index is 440. The predicted molar refractivity (Wildman–Crippen MR) is 60.7 cm³/mol. The van der Waals surface area contributed by atoms with Crippen LogP contribution >= 0.6 is 0 Å². The zero-order valence-electron chi connectivity index (χ0n) is 9.70. The molecular formula is C11H13NO7. The van der Waals surface area contributed by atoms with E-state index < -0.39 is 35.8 Å². The second kappa shape index (κ2) is 5.49. The van der Waals surface area contributed by atoms with Gasteiger partial charge in [-0.2, -0.15) is 0 Å². The predicted octanol–water partition coefficient (Wildman–Crippen LogP) is -0.893. The monoisotopic (exact) mass is 271 g/mol. The molecule has 0 bridgehead atoms. The molecule has 1 heterocycles. The third-order valence-corrected chi connectivity index (χ3v) is 2.75. The van der Waals surface area contributed by atoms with Gasteiger partial charge in [-0.3, -0.25) is 14.9 Å². The number of nitrogens with zero attached hydrogens (tertiary/aromatic N) is 1. The summed E-state index contributed by atoms with van der Waals surface area (Å²) in [5, 5.41) is 39.4. The highest BCUT2D eigenvalue weighted by Crippen LogP contribution is 2.24. The lowest BCUT2D eigenvalue weighted by Crippen LogP contribution is -2.61. The molecule has 104 valence electrons. The van der Waals surface area contributed by atoms with Crippen LogP contribution in [-0.4, -0.2) is 51.1 Å². The van der Waals surface area contributed by atoms with Gasteiger partial charge in [-0.1, -0.05) is 18.2 Å². The van der Waals surface area contributed by atoms with Crippen LogP contribution in [0, 0.1) is 10.1 Å². The molecule has 1 unspecified atom stereocenters. The van der Waals surface area contributed by atoms with Crippen molar-refractivity contribution in [2.24, 2.45) is 0 Å². The highest BCUT2D eigenvalue weighted by atomic mass is 16.7. The lowest BCUT2D eigenvalue weighted by Gasteiger charge is -2.35. The minimum absolute atomic E-state index is 0.317. The summed E-state index contributed by atoms with van der Waals surface area (Å²) >= 11 is 0. The smallest absolute Gasteiger partial charge is 0.347 e. The highest BCUT2D eigenvalue weighted by molar-refractivity contribution is 5.21. The van der Waals surface area contributed by atoms with Crippen molar-refractivity contribution in [1.82, 2.24) is 0 Å². The molecule has 0 aromatic heterocycles. The van der Waals surface area contributed by atoms with Gasteiger partial charge in [0.1, 0.15) is 18.0 Å². The maximum Gasteiger partial charge on any atom is 0.347 e. The van der Waals surface area contributed by atoms with Crippen LogP contribution in [0.3, 0.4) is 0 Å². The summed E-state index contributed by atoms with van der Waals surface area (Å²) < 4.78 is 10.1. The van der Waals surface area contributed by atoms with E-state index in [9.17, 15) is 25.4 Å². The number of benzene rings is 1. The minimum Gasteiger partial charge on any atom is -0.462 e. The van der Waals surface area contributed by atoms with Crippen LogP contribution in [-0.2, 0) is 4.74 Å². The third-order valence-electron chi connectivity index (χ3n) is 2.75. The number of ether oxygens (including phenoxy) is 2. The molecule has 3 N–H and O–H groups in total. The van der Waals surface area contributed by atoms with Crippen LogP contribution in [0.1, 0.15) is 0 Å². The van der Waals surface area contributed by atoms with Crippen molar-refractivity contribution >= 4 is 0 Å². The molecule has 1 aliphatic heterocycles. The topological polar surface area (TPSA) is 122 Å². The van der Waals surface area contributed by atoms with Crippen molar-refractivity contribution in [2.75, 3.05) is 0 Å². The fourth-order valence-electron chi connectivity index (χ4n) is 1.74.